The molecular formula is C17H16BrNO2. The van der Waals surface area contributed by atoms with Gasteiger partial charge in [0.1, 0.15) is 0 Å². The van der Waals surface area contributed by atoms with Gasteiger partial charge in [-0.15, -0.1) is 0 Å². The predicted octanol–water partition coefficient (Wildman–Crippen LogP) is 3.84. The number of halogens is 1. The highest BCUT2D eigenvalue weighted by Gasteiger charge is 2.29. The number of aryl methyl sites for hydroxylation is 1. The Hall–Kier alpha value is -1.65. The lowest BCUT2D eigenvalue weighted by Crippen LogP contribution is -2.37. The van der Waals surface area contributed by atoms with Crippen molar-refractivity contribution >= 4 is 27.5 Å². The first-order valence-corrected chi connectivity index (χ1v) is 7.73. The lowest BCUT2D eigenvalue weighted by molar-refractivity contribution is 0.0969. The molecule has 0 bridgehead atoms. The van der Waals surface area contributed by atoms with Gasteiger partial charge in [0.25, 0.3) is 5.91 Å². The molecule has 1 unspecified atom stereocenters. The molecule has 1 aliphatic rings. The van der Waals surface area contributed by atoms with Gasteiger partial charge < -0.3 is 10.0 Å². The molecule has 3 nitrogen and oxygen atoms in total. The van der Waals surface area contributed by atoms with Crippen molar-refractivity contribution in [1.82, 2.24) is 0 Å². The molecule has 2 aromatic rings. The van der Waals surface area contributed by atoms with Crippen molar-refractivity contribution in [3.63, 3.8) is 0 Å². The number of carbonyl (C=O) groups excluding carboxylic acids is 1. The number of nitrogens with zero attached hydrogens (tertiary/aromatic N) is 1. The number of rotatable bonds is 1. The van der Waals surface area contributed by atoms with Crippen molar-refractivity contribution in [2.24, 2.45) is 0 Å². The van der Waals surface area contributed by atoms with Crippen LogP contribution < -0.4 is 4.90 Å². The van der Waals surface area contributed by atoms with Crippen LogP contribution in [-0.4, -0.2) is 17.6 Å². The molecule has 1 heterocycles. The van der Waals surface area contributed by atoms with E-state index in [1.807, 2.05) is 49.4 Å². The molecule has 1 amide bonds. The monoisotopic (exact) mass is 345 g/mol. The van der Waals surface area contributed by atoms with E-state index in [1.54, 1.807) is 4.90 Å². The molecule has 0 aromatic heterocycles. The molecule has 0 radical (unpaired) electrons. The lowest BCUT2D eigenvalue weighted by atomic mass is 9.95. The maximum absolute atomic E-state index is 12.9. The number of hydrogen-bond donors (Lipinski definition) is 1. The average molecular weight is 346 g/mol. The molecule has 21 heavy (non-hydrogen) atoms. The third-order valence-electron chi connectivity index (χ3n) is 3.87. The molecule has 0 saturated carbocycles. The zero-order valence-electron chi connectivity index (χ0n) is 11.7. The normalized spacial score (nSPS) is 17.5. The maximum Gasteiger partial charge on any atom is 0.259 e. The fourth-order valence-electron chi connectivity index (χ4n) is 2.82. The largest absolute Gasteiger partial charge is 0.388 e. The first-order chi connectivity index (χ1) is 10.1. The van der Waals surface area contributed by atoms with Crippen LogP contribution in [0.25, 0.3) is 0 Å². The summed E-state index contributed by atoms with van der Waals surface area (Å²) in [5.74, 6) is -0.0371. The highest BCUT2D eigenvalue weighted by atomic mass is 79.9. The van der Waals surface area contributed by atoms with Gasteiger partial charge in [0.2, 0.25) is 0 Å². The Balaban J connectivity index is 2.08. The molecule has 1 aliphatic heterocycles. The van der Waals surface area contributed by atoms with Crippen molar-refractivity contribution < 1.29 is 9.90 Å². The zero-order chi connectivity index (χ0) is 15.0. The molecule has 0 spiro atoms. The Labute approximate surface area is 132 Å². The number of para-hydroxylation sites is 1. The highest BCUT2D eigenvalue weighted by Crippen LogP contribution is 2.37. The van der Waals surface area contributed by atoms with Crippen LogP contribution in [0.15, 0.2) is 46.9 Å². The second kappa shape index (κ2) is 5.62. The summed E-state index contributed by atoms with van der Waals surface area (Å²) in [5, 5.41) is 10.2. The minimum atomic E-state index is -0.497. The molecule has 108 valence electrons. The first-order valence-electron chi connectivity index (χ1n) is 6.93. The SMILES string of the molecule is Cc1cccc2c1N(C(=O)c1ccccc1Br)CCC2O. The predicted molar refractivity (Wildman–Crippen MR) is 86.6 cm³/mol. The minimum absolute atomic E-state index is 0.0371. The first kappa shape index (κ1) is 14.3. The van der Waals surface area contributed by atoms with E-state index in [-0.39, 0.29) is 5.91 Å². The van der Waals surface area contributed by atoms with Crippen molar-refractivity contribution in [2.75, 3.05) is 11.4 Å². The molecule has 0 saturated heterocycles. The van der Waals surface area contributed by atoms with E-state index in [0.29, 0.717) is 18.5 Å². The van der Waals surface area contributed by atoms with Crippen LogP contribution >= 0.6 is 15.9 Å². The van der Waals surface area contributed by atoms with E-state index in [1.165, 1.54) is 0 Å². The second-order valence-electron chi connectivity index (χ2n) is 5.25. The quantitative estimate of drug-likeness (QED) is 0.852. The fourth-order valence-corrected chi connectivity index (χ4v) is 3.28. The summed E-state index contributed by atoms with van der Waals surface area (Å²) in [6.07, 6.45) is 0.0651. The Bertz CT molecular complexity index is 699. The molecule has 1 N–H and O–H groups in total. The molecule has 0 aliphatic carbocycles. The van der Waals surface area contributed by atoms with E-state index in [2.05, 4.69) is 15.9 Å². The van der Waals surface area contributed by atoms with Gasteiger partial charge in [0.15, 0.2) is 0 Å². The smallest absolute Gasteiger partial charge is 0.259 e. The number of hydrogen-bond acceptors (Lipinski definition) is 2. The summed E-state index contributed by atoms with van der Waals surface area (Å²) in [5.41, 5.74) is 3.33. The fraction of sp³-hybridized carbons (Fsp3) is 0.235. The number of carbonyl (C=O) groups is 1. The number of anilines is 1. The van der Waals surface area contributed by atoms with Gasteiger partial charge in [-0.05, 0) is 47.0 Å². The van der Waals surface area contributed by atoms with Crippen LogP contribution in [0.5, 0.6) is 0 Å². The van der Waals surface area contributed by atoms with Crippen LogP contribution in [0.4, 0.5) is 5.69 Å². The second-order valence-corrected chi connectivity index (χ2v) is 6.11. The summed E-state index contributed by atoms with van der Waals surface area (Å²) >= 11 is 3.44. The number of aliphatic hydroxyl groups is 1. The van der Waals surface area contributed by atoms with E-state index in [9.17, 15) is 9.90 Å². The molecule has 2 aromatic carbocycles. The summed E-state index contributed by atoms with van der Waals surface area (Å²) < 4.78 is 0.788. The molecule has 3 rings (SSSR count). The van der Waals surface area contributed by atoms with E-state index < -0.39 is 6.10 Å². The van der Waals surface area contributed by atoms with Crippen molar-refractivity contribution in [2.45, 2.75) is 19.4 Å². The Morgan fingerprint density at radius 3 is 2.76 bits per heavy atom. The number of fused-ring (bicyclic) bond motifs is 1. The minimum Gasteiger partial charge on any atom is -0.388 e. The Kier molecular flexibility index (Phi) is 3.83. The summed E-state index contributed by atoms with van der Waals surface area (Å²) in [6.45, 7) is 2.50. The summed E-state index contributed by atoms with van der Waals surface area (Å²) in [4.78, 5) is 14.6. The number of aliphatic hydroxyl groups excluding tert-OH is 1. The lowest BCUT2D eigenvalue weighted by Gasteiger charge is -2.33. The van der Waals surface area contributed by atoms with E-state index in [0.717, 1.165) is 21.3 Å². The van der Waals surface area contributed by atoms with Crippen LogP contribution in [0.1, 0.15) is 34.0 Å². The van der Waals surface area contributed by atoms with Gasteiger partial charge in [-0.3, -0.25) is 4.79 Å². The van der Waals surface area contributed by atoms with Crippen molar-refractivity contribution in [3.05, 3.63) is 63.6 Å². The molecular weight excluding hydrogens is 330 g/mol. The summed E-state index contributed by atoms with van der Waals surface area (Å²) in [6, 6.07) is 13.2. The Morgan fingerprint density at radius 2 is 2.00 bits per heavy atom. The number of amides is 1. The molecule has 4 heteroatoms. The van der Waals surface area contributed by atoms with Gasteiger partial charge in [-0.25, -0.2) is 0 Å². The zero-order valence-corrected chi connectivity index (χ0v) is 13.3. The Morgan fingerprint density at radius 1 is 1.24 bits per heavy atom. The molecule has 0 fully saturated rings. The van der Waals surface area contributed by atoms with Crippen LogP contribution in [0.3, 0.4) is 0 Å². The van der Waals surface area contributed by atoms with E-state index in [4.69, 9.17) is 0 Å². The third-order valence-corrected chi connectivity index (χ3v) is 4.56. The van der Waals surface area contributed by atoms with Crippen molar-refractivity contribution in [3.8, 4) is 0 Å². The standard InChI is InChI=1S/C17H16BrNO2/c1-11-5-4-7-13-15(20)9-10-19(16(11)13)17(21)12-6-2-3-8-14(12)18/h2-8,15,20H,9-10H2,1H3. The highest BCUT2D eigenvalue weighted by molar-refractivity contribution is 9.10. The third kappa shape index (κ3) is 2.49. The topological polar surface area (TPSA) is 40.5 Å². The van der Waals surface area contributed by atoms with Gasteiger partial charge >= 0.3 is 0 Å². The summed E-state index contributed by atoms with van der Waals surface area (Å²) in [7, 11) is 0. The molecule has 1 atom stereocenters. The average Bonchev–Trinajstić information content (AvgIpc) is 2.48. The van der Waals surface area contributed by atoms with Crippen LogP contribution in [0.2, 0.25) is 0 Å². The van der Waals surface area contributed by atoms with Crippen LogP contribution in [0, 0.1) is 6.92 Å². The van der Waals surface area contributed by atoms with Crippen molar-refractivity contribution in [1.29, 1.82) is 0 Å². The van der Waals surface area contributed by atoms with Gasteiger partial charge in [-0.1, -0.05) is 30.3 Å². The van der Waals surface area contributed by atoms with Gasteiger partial charge in [0.05, 0.1) is 17.4 Å². The number of benzene rings is 2. The van der Waals surface area contributed by atoms with Crippen LogP contribution in [-0.2, 0) is 0 Å². The van der Waals surface area contributed by atoms with Gasteiger partial charge in [0, 0.05) is 16.6 Å². The van der Waals surface area contributed by atoms with E-state index >= 15 is 0 Å². The maximum atomic E-state index is 12.9. The van der Waals surface area contributed by atoms with Gasteiger partial charge in [-0.2, -0.15) is 0 Å².